The topological polar surface area (TPSA) is 46.1 Å². The van der Waals surface area contributed by atoms with Gasteiger partial charge in [-0.3, -0.25) is 4.99 Å². The third-order valence-corrected chi connectivity index (χ3v) is 4.94. The van der Waals surface area contributed by atoms with Crippen molar-refractivity contribution in [1.82, 2.24) is 10.2 Å². The van der Waals surface area contributed by atoms with Crippen LogP contribution in [-0.2, 0) is 9.47 Å². The minimum Gasteiger partial charge on any atom is -0.382 e. The highest BCUT2D eigenvalue weighted by atomic mass is 127. The second-order valence-corrected chi connectivity index (χ2v) is 6.60. The highest BCUT2D eigenvalue weighted by Gasteiger charge is 2.23. The van der Waals surface area contributed by atoms with Crippen molar-refractivity contribution in [2.45, 2.75) is 18.9 Å². The molecule has 0 spiro atoms. The lowest BCUT2D eigenvalue weighted by Gasteiger charge is -2.35. The summed E-state index contributed by atoms with van der Waals surface area (Å²) in [4.78, 5) is 6.70. The maximum Gasteiger partial charge on any atom is 0.193 e. The first-order valence-corrected chi connectivity index (χ1v) is 8.63. The van der Waals surface area contributed by atoms with E-state index in [1.807, 2.05) is 7.05 Å². The number of nitrogens with one attached hydrogen (secondary N) is 1. The van der Waals surface area contributed by atoms with E-state index in [0.717, 1.165) is 38.1 Å². The Morgan fingerprint density at radius 2 is 2.19 bits per heavy atom. The molecule has 0 aromatic carbocycles. The van der Waals surface area contributed by atoms with Crippen molar-refractivity contribution in [3.8, 4) is 0 Å². The van der Waals surface area contributed by atoms with Crippen molar-refractivity contribution in [3.63, 3.8) is 0 Å². The average Bonchev–Trinajstić information content (AvgIpc) is 2.50. The highest BCUT2D eigenvalue weighted by Crippen LogP contribution is 2.21. The third-order valence-electron chi connectivity index (χ3n) is 3.89. The first-order chi connectivity index (χ1) is 9.83. The van der Waals surface area contributed by atoms with Gasteiger partial charge in [0.25, 0.3) is 0 Å². The average molecular weight is 429 g/mol. The summed E-state index contributed by atoms with van der Waals surface area (Å²) in [6.07, 6.45) is 2.80. The molecule has 1 atom stereocenters. The van der Waals surface area contributed by atoms with Gasteiger partial charge < -0.3 is 19.7 Å². The standard InChI is InChI=1S/C14H27N3O2S.HI/c1-15-14(16-9-12-3-7-20-8-4-12)17-5-6-19-13(10-17)11-18-2;/h12-13H,3-11H2,1-2H3,(H,15,16);1H. The number of hydrogen-bond donors (Lipinski definition) is 1. The number of guanidine groups is 1. The van der Waals surface area contributed by atoms with E-state index >= 15 is 0 Å². The zero-order valence-corrected chi connectivity index (χ0v) is 16.2. The first kappa shape index (κ1) is 19.3. The number of ether oxygens (including phenoxy) is 2. The molecule has 7 heteroatoms. The molecular formula is C14H28IN3O2S. The van der Waals surface area contributed by atoms with E-state index in [-0.39, 0.29) is 30.1 Å². The Labute approximate surface area is 149 Å². The predicted octanol–water partition coefficient (Wildman–Crippen LogP) is 1.67. The van der Waals surface area contributed by atoms with Crippen LogP contribution in [0.4, 0.5) is 0 Å². The molecule has 2 heterocycles. The summed E-state index contributed by atoms with van der Waals surface area (Å²) in [7, 11) is 3.58. The van der Waals surface area contributed by atoms with Crippen molar-refractivity contribution in [1.29, 1.82) is 0 Å². The van der Waals surface area contributed by atoms with Crippen LogP contribution in [0.2, 0.25) is 0 Å². The summed E-state index contributed by atoms with van der Waals surface area (Å²) in [5.74, 6) is 4.41. The number of hydrogen-bond acceptors (Lipinski definition) is 4. The van der Waals surface area contributed by atoms with Crippen LogP contribution >= 0.6 is 35.7 Å². The van der Waals surface area contributed by atoms with Crippen LogP contribution in [-0.4, -0.2) is 75.5 Å². The largest absolute Gasteiger partial charge is 0.382 e. The molecule has 1 unspecified atom stereocenters. The Morgan fingerprint density at radius 1 is 1.43 bits per heavy atom. The lowest BCUT2D eigenvalue weighted by molar-refractivity contribution is -0.0447. The third kappa shape index (κ3) is 6.50. The van der Waals surface area contributed by atoms with E-state index in [2.05, 4.69) is 27.0 Å². The van der Waals surface area contributed by atoms with Crippen molar-refractivity contribution in [2.24, 2.45) is 10.9 Å². The molecule has 2 rings (SSSR count). The first-order valence-electron chi connectivity index (χ1n) is 7.47. The Balaban J connectivity index is 0.00000220. The molecule has 0 amide bonds. The molecule has 2 aliphatic rings. The van der Waals surface area contributed by atoms with Gasteiger partial charge in [0, 0.05) is 33.8 Å². The van der Waals surface area contributed by atoms with Crippen molar-refractivity contribution in [2.75, 3.05) is 58.5 Å². The SMILES string of the molecule is CN=C(NCC1CCSCC1)N1CCOC(COC)C1.I. The lowest BCUT2D eigenvalue weighted by atomic mass is 10.0. The number of nitrogens with zero attached hydrogens (tertiary/aromatic N) is 2. The van der Waals surface area contributed by atoms with Gasteiger partial charge in [-0.2, -0.15) is 11.8 Å². The van der Waals surface area contributed by atoms with Gasteiger partial charge in [0.15, 0.2) is 5.96 Å². The van der Waals surface area contributed by atoms with Gasteiger partial charge in [-0.1, -0.05) is 0 Å². The Morgan fingerprint density at radius 3 is 2.86 bits per heavy atom. The number of thioether (sulfide) groups is 1. The summed E-state index contributed by atoms with van der Waals surface area (Å²) >= 11 is 2.07. The van der Waals surface area contributed by atoms with Gasteiger partial charge in [-0.25, -0.2) is 0 Å². The molecule has 0 aromatic rings. The fourth-order valence-electron chi connectivity index (χ4n) is 2.72. The number of morpholine rings is 1. The summed E-state index contributed by atoms with van der Waals surface area (Å²) in [6.45, 7) is 4.19. The normalized spacial score (nSPS) is 24.6. The van der Waals surface area contributed by atoms with Crippen molar-refractivity contribution >= 4 is 41.7 Å². The maximum atomic E-state index is 5.69. The molecule has 5 nitrogen and oxygen atoms in total. The van der Waals surface area contributed by atoms with Crippen LogP contribution in [0.25, 0.3) is 0 Å². The Kier molecular flexibility index (Phi) is 10.0. The molecule has 124 valence electrons. The second-order valence-electron chi connectivity index (χ2n) is 5.38. The minimum absolute atomic E-state index is 0. The fourth-order valence-corrected chi connectivity index (χ4v) is 3.92. The number of methoxy groups -OCH3 is 1. The molecule has 0 aliphatic carbocycles. The van der Waals surface area contributed by atoms with Crippen LogP contribution in [0.15, 0.2) is 4.99 Å². The molecule has 0 aromatic heterocycles. The zero-order chi connectivity index (χ0) is 14.2. The smallest absolute Gasteiger partial charge is 0.193 e. The summed E-state index contributed by atoms with van der Waals surface area (Å²) in [6, 6.07) is 0. The molecule has 2 saturated heterocycles. The molecule has 2 aliphatic heterocycles. The monoisotopic (exact) mass is 429 g/mol. The Hall–Kier alpha value is 0.270. The van der Waals surface area contributed by atoms with Crippen LogP contribution in [0, 0.1) is 5.92 Å². The molecule has 0 bridgehead atoms. The predicted molar refractivity (Wildman–Crippen MR) is 100 cm³/mol. The van der Waals surface area contributed by atoms with Gasteiger partial charge in [-0.05, 0) is 30.3 Å². The van der Waals surface area contributed by atoms with Gasteiger partial charge >= 0.3 is 0 Å². The van der Waals surface area contributed by atoms with Crippen LogP contribution < -0.4 is 5.32 Å². The van der Waals surface area contributed by atoms with Gasteiger partial charge in [-0.15, -0.1) is 24.0 Å². The number of halogens is 1. The van der Waals surface area contributed by atoms with Gasteiger partial charge in [0.2, 0.25) is 0 Å². The van der Waals surface area contributed by atoms with Crippen molar-refractivity contribution in [3.05, 3.63) is 0 Å². The summed E-state index contributed by atoms with van der Waals surface area (Å²) in [5, 5.41) is 3.54. The molecule has 1 N–H and O–H groups in total. The van der Waals surface area contributed by atoms with E-state index in [0.29, 0.717) is 6.61 Å². The zero-order valence-electron chi connectivity index (χ0n) is 13.0. The van der Waals surface area contributed by atoms with Crippen molar-refractivity contribution < 1.29 is 9.47 Å². The summed E-state index contributed by atoms with van der Waals surface area (Å²) in [5.41, 5.74) is 0. The van der Waals surface area contributed by atoms with E-state index in [9.17, 15) is 0 Å². The maximum absolute atomic E-state index is 5.69. The molecule has 0 saturated carbocycles. The highest BCUT2D eigenvalue weighted by molar-refractivity contribution is 14.0. The minimum atomic E-state index is 0. The van der Waals surface area contributed by atoms with Gasteiger partial charge in [0.1, 0.15) is 0 Å². The van der Waals surface area contributed by atoms with E-state index in [1.54, 1.807) is 7.11 Å². The van der Waals surface area contributed by atoms with E-state index < -0.39 is 0 Å². The van der Waals surface area contributed by atoms with Crippen LogP contribution in [0.3, 0.4) is 0 Å². The van der Waals surface area contributed by atoms with E-state index in [4.69, 9.17) is 9.47 Å². The van der Waals surface area contributed by atoms with E-state index in [1.165, 1.54) is 24.3 Å². The molecule has 0 radical (unpaired) electrons. The number of aliphatic imine (C=N–C) groups is 1. The Bertz CT molecular complexity index is 313. The molecule has 21 heavy (non-hydrogen) atoms. The molecule has 2 fully saturated rings. The number of rotatable bonds is 4. The second kappa shape index (κ2) is 10.9. The van der Waals surface area contributed by atoms with Crippen LogP contribution in [0.1, 0.15) is 12.8 Å². The fraction of sp³-hybridized carbons (Fsp3) is 0.929. The lowest BCUT2D eigenvalue weighted by Crippen LogP contribution is -2.52. The van der Waals surface area contributed by atoms with Crippen LogP contribution in [0.5, 0.6) is 0 Å². The quantitative estimate of drug-likeness (QED) is 0.419. The summed E-state index contributed by atoms with van der Waals surface area (Å²) < 4.78 is 10.9. The molecular weight excluding hydrogens is 401 g/mol. The van der Waals surface area contributed by atoms with Gasteiger partial charge in [0.05, 0.1) is 19.3 Å².